The van der Waals surface area contributed by atoms with Crippen LogP contribution in [0.15, 0.2) is 78.9 Å². The molecule has 0 saturated carbocycles. The molecule has 0 unspecified atom stereocenters. The Kier molecular flexibility index (Phi) is 8.86. The average Bonchev–Trinajstić information content (AvgIpc) is 2.83. The molecule has 0 aliphatic carbocycles. The van der Waals surface area contributed by atoms with Crippen molar-refractivity contribution in [3.8, 4) is 5.75 Å². The van der Waals surface area contributed by atoms with Gasteiger partial charge in [-0.15, -0.1) is 0 Å². The quantitative estimate of drug-likeness (QED) is 0.473. The molecule has 1 N–H and O–H groups in total. The third-order valence-electron chi connectivity index (χ3n) is 5.80. The normalized spacial score (nSPS) is 11.7. The summed E-state index contributed by atoms with van der Waals surface area (Å²) >= 11 is 0. The van der Waals surface area contributed by atoms with Crippen LogP contribution in [0.4, 0.5) is 0 Å². The Hall–Kier alpha value is -3.60. The first-order chi connectivity index (χ1) is 16.3. The maximum absolute atomic E-state index is 13.6. The Morgan fingerprint density at radius 2 is 1.47 bits per heavy atom. The molecule has 3 aromatic carbocycles. The van der Waals surface area contributed by atoms with Crippen molar-refractivity contribution in [2.75, 3.05) is 6.61 Å². The molecule has 5 nitrogen and oxygen atoms in total. The molecule has 3 rings (SSSR count). The summed E-state index contributed by atoms with van der Waals surface area (Å²) in [6.07, 6.45) is 0.418. The Morgan fingerprint density at radius 1 is 0.853 bits per heavy atom. The Balaban J connectivity index is 1.90. The molecule has 0 saturated heterocycles. The second-order valence-corrected chi connectivity index (χ2v) is 8.86. The zero-order chi connectivity index (χ0) is 24.5. The minimum absolute atomic E-state index is 0.0364. The highest BCUT2D eigenvalue weighted by Crippen LogP contribution is 2.21. The van der Waals surface area contributed by atoms with Crippen molar-refractivity contribution in [1.82, 2.24) is 10.2 Å². The molecule has 0 heterocycles. The van der Waals surface area contributed by atoms with Gasteiger partial charge in [0.2, 0.25) is 5.91 Å². The van der Waals surface area contributed by atoms with Crippen LogP contribution >= 0.6 is 0 Å². The fraction of sp³-hybridized carbons (Fsp3) is 0.310. The fourth-order valence-corrected chi connectivity index (χ4v) is 3.82. The molecular formula is C29H34N2O3. The standard InChI is InChI=1S/C29H34N2O3/c1-21(2)30-29(33)26(18-24-13-7-5-8-14-24)31(19-25-15-9-6-10-16-25)28(32)20-34-27-17-11-12-22(3)23(27)4/h5-17,21,26H,18-20H2,1-4H3,(H,30,33)/t26-/m1/s1. The number of hydrogen-bond donors (Lipinski definition) is 1. The number of nitrogens with one attached hydrogen (secondary N) is 1. The predicted molar refractivity (Wildman–Crippen MR) is 136 cm³/mol. The van der Waals surface area contributed by atoms with Gasteiger partial charge < -0.3 is 15.0 Å². The van der Waals surface area contributed by atoms with E-state index in [2.05, 4.69) is 5.32 Å². The number of amides is 2. The van der Waals surface area contributed by atoms with Crippen LogP contribution in [0.3, 0.4) is 0 Å². The molecule has 0 aliphatic heterocycles. The van der Waals surface area contributed by atoms with Gasteiger partial charge in [0.25, 0.3) is 5.91 Å². The van der Waals surface area contributed by atoms with E-state index in [1.807, 2.05) is 107 Å². The van der Waals surface area contributed by atoms with Gasteiger partial charge in [-0.05, 0) is 56.0 Å². The molecule has 0 fully saturated rings. The second-order valence-electron chi connectivity index (χ2n) is 8.86. The maximum Gasteiger partial charge on any atom is 0.261 e. The lowest BCUT2D eigenvalue weighted by atomic mass is 10.0. The molecule has 2 amide bonds. The van der Waals surface area contributed by atoms with Gasteiger partial charge in [0.1, 0.15) is 11.8 Å². The predicted octanol–water partition coefficient (Wildman–Crippen LogP) is 4.85. The van der Waals surface area contributed by atoms with Gasteiger partial charge in [-0.1, -0.05) is 72.8 Å². The Bertz CT molecular complexity index is 1080. The zero-order valence-corrected chi connectivity index (χ0v) is 20.5. The molecule has 3 aromatic rings. The topological polar surface area (TPSA) is 58.6 Å². The van der Waals surface area contributed by atoms with Crippen LogP contribution in [0, 0.1) is 13.8 Å². The highest BCUT2D eigenvalue weighted by Gasteiger charge is 2.31. The summed E-state index contributed by atoms with van der Waals surface area (Å²) in [4.78, 5) is 28.5. The molecule has 34 heavy (non-hydrogen) atoms. The van der Waals surface area contributed by atoms with Crippen LogP contribution in [-0.2, 0) is 22.6 Å². The summed E-state index contributed by atoms with van der Waals surface area (Å²) in [5.41, 5.74) is 4.05. The number of nitrogens with zero attached hydrogens (tertiary/aromatic N) is 1. The van der Waals surface area contributed by atoms with Crippen LogP contribution in [-0.4, -0.2) is 35.4 Å². The zero-order valence-electron chi connectivity index (χ0n) is 20.5. The first-order valence-electron chi connectivity index (χ1n) is 11.7. The lowest BCUT2D eigenvalue weighted by Crippen LogP contribution is -2.52. The summed E-state index contributed by atoms with van der Waals surface area (Å²) in [5, 5.41) is 3.00. The highest BCUT2D eigenvalue weighted by molar-refractivity contribution is 5.88. The molecule has 0 aliphatic rings. The van der Waals surface area contributed by atoms with Gasteiger partial charge in [-0.3, -0.25) is 9.59 Å². The Labute approximate surface area is 202 Å². The van der Waals surface area contributed by atoms with Crippen molar-refractivity contribution in [2.24, 2.45) is 0 Å². The van der Waals surface area contributed by atoms with Gasteiger partial charge in [0.15, 0.2) is 6.61 Å². The van der Waals surface area contributed by atoms with Crippen LogP contribution in [0.25, 0.3) is 0 Å². The minimum Gasteiger partial charge on any atom is -0.483 e. The molecular weight excluding hydrogens is 424 g/mol. The van der Waals surface area contributed by atoms with E-state index in [1.165, 1.54) is 0 Å². The third-order valence-corrected chi connectivity index (χ3v) is 5.80. The maximum atomic E-state index is 13.6. The smallest absolute Gasteiger partial charge is 0.261 e. The number of rotatable bonds is 10. The number of hydrogen-bond acceptors (Lipinski definition) is 3. The lowest BCUT2D eigenvalue weighted by molar-refractivity contribution is -0.143. The van der Waals surface area contributed by atoms with Crippen molar-refractivity contribution in [2.45, 2.75) is 52.7 Å². The minimum atomic E-state index is -0.667. The molecule has 0 aromatic heterocycles. The SMILES string of the molecule is Cc1cccc(OCC(=O)N(Cc2ccccc2)[C@H](Cc2ccccc2)C(=O)NC(C)C)c1C. The summed E-state index contributed by atoms with van der Waals surface area (Å²) < 4.78 is 5.94. The van der Waals surface area contributed by atoms with Crippen LogP contribution < -0.4 is 10.1 Å². The van der Waals surface area contributed by atoms with Crippen LogP contribution in [0.2, 0.25) is 0 Å². The van der Waals surface area contributed by atoms with Crippen LogP contribution in [0.5, 0.6) is 5.75 Å². The van der Waals surface area contributed by atoms with E-state index in [4.69, 9.17) is 4.74 Å². The number of benzene rings is 3. The van der Waals surface area contributed by atoms with E-state index in [0.29, 0.717) is 18.7 Å². The van der Waals surface area contributed by atoms with Gasteiger partial charge >= 0.3 is 0 Å². The Morgan fingerprint density at radius 3 is 2.09 bits per heavy atom. The van der Waals surface area contributed by atoms with Crippen molar-refractivity contribution in [3.05, 3.63) is 101 Å². The largest absolute Gasteiger partial charge is 0.483 e. The van der Waals surface area contributed by atoms with Crippen molar-refractivity contribution in [3.63, 3.8) is 0 Å². The third kappa shape index (κ3) is 6.95. The van der Waals surface area contributed by atoms with Crippen molar-refractivity contribution < 1.29 is 14.3 Å². The summed E-state index contributed by atoms with van der Waals surface area (Å²) in [7, 11) is 0. The van der Waals surface area contributed by atoms with Crippen LogP contribution in [0.1, 0.15) is 36.1 Å². The first kappa shape index (κ1) is 25.0. The van der Waals surface area contributed by atoms with E-state index in [0.717, 1.165) is 22.3 Å². The molecule has 1 atom stereocenters. The van der Waals surface area contributed by atoms with Crippen molar-refractivity contribution in [1.29, 1.82) is 0 Å². The first-order valence-corrected chi connectivity index (χ1v) is 11.7. The lowest BCUT2D eigenvalue weighted by Gasteiger charge is -2.32. The highest BCUT2D eigenvalue weighted by atomic mass is 16.5. The average molecular weight is 459 g/mol. The number of carbonyl (C=O) groups is 2. The van der Waals surface area contributed by atoms with E-state index >= 15 is 0 Å². The number of ether oxygens (including phenoxy) is 1. The molecule has 0 radical (unpaired) electrons. The van der Waals surface area contributed by atoms with E-state index in [-0.39, 0.29) is 24.5 Å². The van der Waals surface area contributed by atoms with Gasteiger partial charge in [0.05, 0.1) is 0 Å². The van der Waals surface area contributed by atoms with E-state index in [9.17, 15) is 9.59 Å². The van der Waals surface area contributed by atoms with Gasteiger partial charge in [-0.2, -0.15) is 0 Å². The monoisotopic (exact) mass is 458 g/mol. The molecule has 5 heteroatoms. The molecule has 178 valence electrons. The fourth-order valence-electron chi connectivity index (χ4n) is 3.82. The number of carbonyl (C=O) groups excluding carboxylic acids is 2. The van der Waals surface area contributed by atoms with Gasteiger partial charge in [-0.25, -0.2) is 0 Å². The summed E-state index contributed by atoms with van der Waals surface area (Å²) in [6.45, 7) is 8.01. The summed E-state index contributed by atoms with van der Waals surface area (Å²) in [5.74, 6) is 0.277. The van der Waals surface area contributed by atoms with E-state index in [1.54, 1.807) is 4.90 Å². The number of aryl methyl sites for hydroxylation is 1. The molecule has 0 bridgehead atoms. The molecule has 0 spiro atoms. The van der Waals surface area contributed by atoms with Gasteiger partial charge in [0, 0.05) is 19.0 Å². The summed E-state index contributed by atoms with van der Waals surface area (Å²) in [6, 6.07) is 24.6. The van der Waals surface area contributed by atoms with Crippen molar-refractivity contribution >= 4 is 11.8 Å². The van der Waals surface area contributed by atoms with E-state index < -0.39 is 6.04 Å². The second kappa shape index (κ2) is 12.0.